The van der Waals surface area contributed by atoms with Crippen LogP contribution in [0.4, 0.5) is 0 Å². The number of hydrogen-bond donors (Lipinski definition) is 1. The van der Waals surface area contributed by atoms with Gasteiger partial charge in [-0.05, 0) is 62.7 Å². The lowest BCUT2D eigenvalue weighted by molar-refractivity contribution is -0.160. The smallest absolute Gasteiger partial charge is 0.226 e. The summed E-state index contributed by atoms with van der Waals surface area (Å²) in [6, 6.07) is 0.206. The molecule has 4 heteroatoms. The van der Waals surface area contributed by atoms with Gasteiger partial charge in [0.05, 0.1) is 18.8 Å². The first kappa shape index (κ1) is 14.0. The molecule has 5 aliphatic rings. The lowest BCUT2D eigenvalue weighted by Crippen LogP contribution is -2.58. The molecule has 5 rings (SSSR count). The number of hydrogen-bond acceptors (Lipinski definition) is 3. The van der Waals surface area contributed by atoms with Crippen molar-refractivity contribution in [2.75, 3.05) is 19.7 Å². The van der Waals surface area contributed by atoms with Crippen molar-refractivity contribution in [3.63, 3.8) is 0 Å². The molecule has 1 amide bonds. The maximum Gasteiger partial charge on any atom is 0.226 e. The highest BCUT2D eigenvalue weighted by Crippen LogP contribution is 2.57. The van der Waals surface area contributed by atoms with Crippen LogP contribution in [0, 0.1) is 29.6 Å². The van der Waals surface area contributed by atoms with Crippen LogP contribution in [-0.4, -0.2) is 42.6 Å². The predicted octanol–water partition coefficient (Wildman–Crippen LogP) is 1.63. The minimum absolute atomic E-state index is 0.0296. The van der Waals surface area contributed by atoms with Gasteiger partial charge in [-0.1, -0.05) is 0 Å². The van der Waals surface area contributed by atoms with E-state index in [1.807, 2.05) is 0 Å². The standard InChI is InChI=1S/C17H28N2O2/c1-10-9-21-15(7-18)8-19(10)17(20)16-13-3-11-2-12(5-13)6-14(16)4-11/h10-16H,2-9,18H2,1H3. The Labute approximate surface area is 127 Å². The molecule has 2 N–H and O–H groups in total. The fraction of sp³-hybridized carbons (Fsp3) is 0.941. The monoisotopic (exact) mass is 292 g/mol. The lowest BCUT2D eigenvalue weighted by atomic mass is 9.51. The van der Waals surface area contributed by atoms with Crippen LogP contribution in [0.25, 0.3) is 0 Å². The molecule has 0 aromatic carbocycles. The number of carbonyl (C=O) groups excluding carboxylic acids is 1. The molecule has 2 atom stereocenters. The van der Waals surface area contributed by atoms with E-state index in [1.165, 1.54) is 32.1 Å². The highest BCUT2D eigenvalue weighted by molar-refractivity contribution is 5.80. The van der Waals surface area contributed by atoms with E-state index < -0.39 is 0 Å². The maximum atomic E-state index is 13.2. The summed E-state index contributed by atoms with van der Waals surface area (Å²) in [7, 11) is 0. The SMILES string of the molecule is CC1COC(CN)CN1C(=O)C1C2CC3CC(C2)CC1C3. The first-order valence-electron chi connectivity index (χ1n) is 8.77. The molecule has 2 unspecified atom stereocenters. The maximum absolute atomic E-state index is 13.2. The third kappa shape index (κ3) is 2.31. The van der Waals surface area contributed by atoms with Crippen molar-refractivity contribution in [2.24, 2.45) is 35.3 Å². The predicted molar refractivity (Wildman–Crippen MR) is 80.5 cm³/mol. The number of ether oxygens (including phenoxy) is 1. The van der Waals surface area contributed by atoms with E-state index in [9.17, 15) is 4.79 Å². The fourth-order valence-corrected chi connectivity index (χ4v) is 5.79. The molecule has 4 bridgehead atoms. The molecular weight excluding hydrogens is 264 g/mol. The Morgan fingerprint density at radius 1 is 1.14 bits per heavy atom. The number of carbonyl (C=O) groups is 1. The number of rotatable bonds is 2. The molecule has 118 valence electrons. The topological polar surface area (TPSA) is 55.6 Å². The molecule has 0 aromatic rings. The Hall–Kier alpha value is -0.610. The average Bonchev–Trinajstić information content (AvgIpc) is 2.46. The Morgan fingerprint density at radius 2 is 1.76 bits per heavy atom. The van der Waals surface area contributed by atoms with E-state index in [1.54, 1.807) is 0 Å². The fourth-order valence-electron chi connectivity index (χ4n) is 5.79. The number of amides is 1. The van der Waals surface area contributed by atoms with Crippen molar-refractivity contribution in [2.45, 2.75) is 51.2 Å². The highest BCUT2D eigenvalue weighted by Gasteiger charge is 2.52. The normalized spacial score (nSPS) is 48.7. The van der Waals surface area contributed by atoms with Crippen molar-refractivity contribution < 1.29 is 9.53 Å². The largest absolute Gasteiger partial charge is 0.373 e. The molecule has 21 heavy (non-hydrogen) atoms. The van der Waals surface area contributed by atoms with E-state index in [0.717, 1.165) is 11.8 Å². The van der Waals surface area contributed by atoms with Crippen LogP contribution in [0.1, 0.15) is 39.0 Å². The van der Waals surface area contributed by atoms with Crippen LogP contribution in [0.3, 0.4) is 0 Å². The van der Waals surface area contributed by atoms with Crippen LogP contribution < -0.4 is 5.73 Å². The van der Waals surface area contributed by atoms with Crippen molar-refractivity contribution in [1.82, 2.24) is 4.90 Å². The second-order valence-electron chi connectivity index (χ2n) is 7.99. The summed E-state index contributed by atoms with van der Waals surface area (Å²) in [6.07, 6.45) is 6.70. The van der Waals surface area contributed by atoms with Gasteiger partial charge in [-0.2, -0.15) is 0 Å². The van der Waals surface area contributed by atoms with Crippen molar-refractivity contribution in [1.29, 1.82) is 0 Å². The van der Waals surface area contributed by atoms with Crippen LogP contribution in [0.5, 0.6) is 0 Å². The number of nitrogens with two attached hydrogens (primary N) is 1. The van der Waals surface area contributed by atoms with Gasteiger partial charge in [-0.25, -0.2) is 0 Å². The molecule has 1 aliphatic heterocycles. The Kier molecular flexibility index (Phi) is 3.49. The summed E-state index contributed by atoms with van der Waals surface area (Å²) in [5.74, 6) is 3.90. The van der Waals surface area contributed by atoms with Crippen LogP contribution >= 0.6 is 0 Å². The Morgan fingerprint density at radius 3 is 2.33 bits per heavy atom. The number of nitrogens with zero attached hydrogens (tertiary/aromatic N) is 1. The molecule has 1 saturated heterocycles. The summed E-state index contributed by atoms with van der Waals surface area (Å²) < 4.78 is 5.71. The Bertz CT molecular complexity index is 397. The van der Waals surface area contributed by atoms with Gasteiger partial charge in [0.25, 0.3) is 0 Å². The zero-order valence-corrected chi connectivity index (χ0v) is 13.0. The van der Waals surface area contributed by atoms with E-state index in [-0.39, 0.29) is 12.1 Å². The van der Waals surface area contributed by atoms with Crippen molar-refractivity contribution >= 4 is 5.91 Å². The molecule has 4 aliphatic carbocycles. The quantitative estimate of drug-likeness (QED) is 0.841. The van der Waals surface area contributed by atoms with Crippen LogP contribution in [-0.2, 0) is 9.53 Å². The second-order valence-corrected chi connectivity index (χ2v) is 7.99. The molecule has 0 radical (unpaired) electrons. The van der Waals surface area contributed by atoms with E-state index >= 15 is 0 Å². The zero-order valence-electron chi connectivity index (χ0n) is 13.0. The zero-order chi connectivity index (χ0) is 14.6. The summed E-state index contributed by atoms with van der Waals surface area (Å²) in [4.78, 5) is 15.3. The first-order valence-corrected chi connectivity index (χ1v) is 8.77. The summed E-state index contributed by atoms with van der Waals surface area (Å²) >= 11 is 0. The molecule has 0 spiro atoms. The van der Waals surface area contributed by atoms with E-state index in [2.05, 4.69) is 11.8 Å². The van der Waals surface area contributed by atoms with Crippen molar-refractivity contribution in [3.8, 4) is 0 Å². The van der Waals surface area contributed by atoms with Gasteiger partial charge in [-0.3, -0.25) is 4.79 Å². The second kappa shape index (κ2) is 5.24. The van der Waals surface area contributed by atoms with Crippen LogP contribution in [0.2, 0.25) is 0 Å². The van der Waals surface area contributed by atoms with Crippen LogP contribution in [0.15, 0.2) is 0 Å². The van der Waals surface area contributed by atoms with Gasteiger partial charge < -0.3 is 15.4 Å². The van der Waals surface area contributed by atoms with Gasteiger partial charge in [0.2, 0.25) is 5.91 Å². The molecule has 1 heterocycles. The van der Waals surface area contributed by atoms with Crippen molar-refractivity contribution in [3.05, 3.63) is 0 Å². The highest BCUT2D eigenvalue weighted by atomic mass is 16.5. The molecule has 0 aromatic heterocycles. The Balaban J connectivity index is 1.51. The van der Waals surface area contributed by atoms with E-state index in [0.29, 0.717) is 43.4 Å². The van der Waals surface area contributed by atoms with Gasteiger partial charge in [-0.15, -0.1) is 0 Å². The first-order chi connectivity index (χ1) is 10.2. The minimum Gasteiger partial charge on any atom is -0.373 e. The number of morpholine rings is 1. The third-order valence-corrected chi connectivity index (χ3v) is 6.56. The minimum atomic E-state index is 0.0296. The van der Waals surface area contributed by atoms with Gasteiger partial charge >= 0.3 is 0 Å². The summed E-state index contributed by atoms with van der Waals surface area (Å²) in [5, 5.41) is 0. The molecule has 5 fully saturated rings. The molecule has 4 saturated carbocycles. The van der Waals surface area contributed by atoms with E-state index in [4.69, 9.17) is 10.5 Å². The lowest BCUT2D eigenvalue weighted by Gasteiger charge is -2.55. The molecular formula is C17H28N2O2. The third-order valence-electron chi connectivity index (χ3n) is 6.56. The van der Waals surface area contributed by atoms with Gasteiger partial charge in [0.15, 0.2) is 0 Å². The van der Waals surface area contributed by atoms with Gasteiger partial charge in [0, 0.05) is 19.0 Å². The average molecular weight is 292 g/mol. The molecule has 4 nitrogen and oxygen atoms in total. The summed E-state index contributed by atoms with van der Waals surface area (Å²) in [5.41, 5.74) is 5.74. The van der Waals surface area contributed by atoms with Gasteiger partial charge in [0.1, 0.15) is 0 Å². The summed E-state index contributed by atoms with van der Waals surface area (Å²) in [6.45, 7) is 3.96.